The molecular formula is C12H9N3O3. The first kappa shape index (κ1) is 10.6. The number of para-hydroxylation sites is 1. The highest BCUT2D eigenvalue weighted by molar-refractivity contribution is 6.07. The fourth-order valence-electron chi connectivity index (χ4n) is 1.93. The van der Waals surface area contributed by atoms with Crippen LogP contribution in [0, 0.1) is 10.1 Å². The number of ether oxygens (including phenoxy) is 1. The molecular weight excluding hydrogens is 234 g/mol. The van der Waals surface area contributed by atoms with Crippen LogP contribution in [-0.2, 0) is 4.74 Å². The van der Waals surface area contributed by atoms with Crippen molar-refractivity contribution in [2.75, 3.05) is 13.2 Å². The number of hydrogen-bond acceptors (Lipinski definition) is 5. The molecule has 90 valence electrons. The summed E-state index contributed by atoms with van der Waals surface area (Å²) in [4.78, 5) is 18.6. The zero-order valence-electron chi connectivity index (χ0n) is 9.37. The number of nitro groups is 1. The van der Waals surface area contributed by atoms with Crippen molar-refractivity contribution in [3.8, 4) is 0 Å². The molecule has 6 heteroatoms. The highest BCUT2D eigenvalue weighted by Crippen LogP contribution is 2.23. The molecule has 3 rings (SSSR count). The van der Waals surface area contributed by atoms with Crippen molar-refractivity contribution >= 4 is 22.6 Å². The van der Waals surface area contributed by atoms with Gasteiger partial charge < -0.3 is 14.9 Å². The van der Waals surface area contributed by atoms with Crippen molar-refractivity contribution in [3.05, 3.63) is 46.0 Å². The molecule has 1 aromatic carbocycles. The first-order valence-electron chi connectivity index (χ1n) is 5.47. The van der Waals surface area contributed by atoms with Gasteiger partial charge in [-0.3, -0.25) is 0 Å². The average Bonchev–Trinajstić information content (AvgIpc) is 2.91. The molecule has 1 aromatic heterocycles. The topological polar surface area (TPSA) is 77.6 Å². The predicted octanol–water partition coefficient (Wildman–Crippen LogP) is 1.92. The van der Waals surface area contributed by atoms with Crippen LogP contribution < -0.4 is 0 Å². The number of hydrogen-bond donors (Lipinski definition) is 0. The van der Waals surface area contributed by atoms with Gasteiger partial charge >= 0.3 is 5.82 Å². The molecule has 0 saturated heterocycles. The average molecular weight is 243 g/mol. The molecule has 1 aliphatic heterocycles. The first-order valence-corrected chi connectivity index (χ1v) is 5.47. The molecule has 0 fully saturated rings. The molecule has 0 aliphatic carbocycles. The zero-order valence-corrected chi connectivity index (χ0v) is 9.37. The van der Waals surface area contributed by atoms with Crippen LogP contribution in [0.25, 0.3) is 10.9 Å². The maximum Gasteiger partial charge on any atom is 0.364 e. The van der Waals surface area contributed by atoms with E-state index >= 15 is 0 Å². The predicted molar refractivity (Wildman–Crippen MR) is 65.8 cm³/mol. The van der Waals surface area contributed by atoms with Crippen LogP contribution in [0.5, 0.6) is 0 Å². The fraction of sp³-hybridized carbons (Fsp3) is 0.167. The number of fused-ring (bicyclic) bond motifs is 1. The van der Waals surface area contributed by atoms with E-state index in [1.165, 1.54) is 6.07 Å². The van der Waals surface area contributed by atoms with Gasteiger partial charge in [-0.2, -0.15) is 0 Å². The quantitative estimate of drug-likeness (QED) is 0.596. The van der Waals surface area contributed by atoms with Gasteiger partial charge in [0.05, 0.1) is 12.1 Å². The molecule has 6 nitrogen and oxygen atoms in total. The van der Waals surface area contributed by atoms with E-state index in [2.05, 4.69) is 9.98 Å². The lowest BCUT2D eigenvalue weighted by molar-refractivity contribution is -0.389. The van der Waals surface area contributed by atoms with Crippen molar-refractivity contribution in [3.63, 3.8) is 0 Å². The molecule has 1 aliphatic rings. The lowest BCUT2D eigenvalue weighted by atomic mass is 10.1. The van der Waals surface area contributed by atoms with Crippen molar-refractivity contribution < 1.29 is 9.66 Å². The number of nitrogens with zero attached hydrogens (tertiary/aromatic N) is 3. The van der Waals surface area contributed by atoms with Gasteiger partial charge in [-0.15, -0.1) is 0 Å². The third-order valence-corrected chi connectivity index (χ3v) is 2.71. The summed E-state index contributed by atoms with van der Waals surface area (Å²) in [6, 6.07) is 8.65. The lowest BCUT2D eigenvalue weighted by Crippen LogP contribution is -2.04. The van der Waals surface area contributed by atoms with E-state index in [0.29, 0.717) is 30.1 Å². The Labute approximate surface area is 102 Å². The summed E-state index contributed by atoms with van der Waals surface area (Å²) >= 11 is 0. The Hall–Kier alpha value is -2.50. The molecule has 0 saturated carbocycles. The van der Waals surface area contributed by atoms with Gasteiger partial charge in [0.1, 0.15) is 6.61 Å². The van der Waals surface area contributed by atoms with Crippen LogP contribution in [0.3, 0.4) is 0 Å². The number of aliphatic imine (C=N–C) groups is 1. The Kier molecular flexibility index (Phi) is 2.40. The molecule has 0 spiro atoms. The summed E-state index contributed by atoms with van der Waals surface area (Å²) in [5.41, 5.74) is 1.20. The van der Waals surface area contributed by atoms with E-state index in [0.717, 1.165) is 5.39 Å². The minimum atomic E-state index is -0.508. The standard InChI is InChI=1S/C12H9N3O3/c16-15(17)11-7-9(12-13-5-6-18-12)8-3-1-2-4-10(8)14-11/h1-4,7H,5-6H2. The van der Waals surface area contributed by atoms with Crippen LogP contribution in [0.2, 0.25) is 0 Å². The van der Waals surface area contributed by atoms with E-state index in [1.54, 1.807) is 12.1 Å². The Morgan fingerprint density at radius 2 is 2.17 bits per heavy atom. The molecule has 18 heavy (non-hydrogen) atoms. The molecule has 0 bridgehead atoms. The summed E-state index contributed by atoms with van der Waals surface area (Å²) < 4.78 is 5.38. The van der Waals surface area contributed by atoms with E-state index in [-0.39, 0.29) is 5.82 Å². The maximum absolute atomic E-state index is 10.9. The van der Waals surface area contributed by atoms with Gasteiger partial charge in [0.15, 0.2) is 5.52 Å². The van der Waals surface area contributed by atoms with Crippen LogP contribution in [0.1, 0.15) is 5.56 Å². The van der Waals surface area contributed by atoms with Gasteiger partial charge in [-0.25, -0.2) is 4.99 Å². The van der Waals surface area contributed by atoms with Crippen molar-refractivity contribution in [1.82, 2.24) is 4.98 Å². The minimum absolute atomic E-state index is 0.193. The normalized spacial score (nSPS) is 14.3. The second-order valence-corrected chi connectivity index (χ2v) is 3.84. The molecule has 0 unspecified atom stereocenters. The Morgan fingerprint density at radius 1 is 1.33 bits per heavy atom. The Bertz CT molecular complexity index is 667. The second kappa shape index (κ2) is 4.06. The summed E-state index contributed by atoms with van der Waals surface area (Å²) in [5, 5.41) is 11.7. The van der Waals surface area contributed by atoms with Crippen molar-refractivity contribution in [1.29, 1.82) is 0 Å². The third kappa shape index (κ3) is 1.67. The first-order chi connectivity index (χ1) is 8.75. The maximum atomic E-state index is 10.9. The smallest absolute Gasteiger partial charge is 0.364 e. The highest BCUT2D eigenvalue weighted by atomic mass is 16.6. The summed E-state index contributed by atoms with van der Waals surface area (Å²) in [6.45, 7) is 1.10. The molecule has 0 N–H and O–H groups in total. The van der Waals surface area contributed by atoms with Crippen LogP contribution in [0.15, 0.2) is 35.3 Å². The number of pyridine rings is 1. The second-order valence-electron chi connectivity index (χ2n) is 3.84. The van der Waals surface area contributed by atoms with E-state index < -0.39 is 4.92 Å². The largest absolute Gasteiger partial charge is 0.475 e. The van der Waals surface area contributed by atoms with Crippen LogP contribution >= 0.6 is 0 Å². The van der Waals surface area contributed by atoms with Crippen molar-refractivity contribution in [2.45, 2.75) is 0 Å². The highest BCUT2D eigenvalue weighted by Gasteiger charge is 2.20. The SMILES string of the molecule is O=[N+]([O-])c1cc(C2=NCCO2)c2ccccc2n1. The van der Waals surface area contributed by atoms with E-state index in [9.17, 15) is 10.1 Å². The van der Waals surface area contributed by atoms with Gasteiger partial charge in [-0.05, 0) is 22.0 Å². The van der Waals surface area contributed by atoms with Gasteiger partial charge in [0, 0.05) is 11.5 Å². The zero-order chi connectivity index (χ0) is 12.5. The van der Waals surface area contributed by atoms with Gasteiger partial charge in [0.25, 0.3) is 0 Å². The molecule has 2 aromatic rings. The third-order valence-electron chi connectivity index (χ3n) is 2.71. The number of aromatic nitrogens is 1. The molecule has 0 atom stereocenters. The lowest BCUT2D eigenvalue weighted by Gasteiger charge is -2.04. The summed E-state index contributed by atoms with van der Waals surface area (Å²) in [6.07, 6.45) is 0. The summed E-state index contributed by atoms with van der Waals surface area (Å²) in [5.74, 6) is 0.263. The van der Waals surface area contributed by atoms with Crippen LogP contribution in [-0.4, -0.2) is 29.0 Å². The van der Waals surface area contributed by atoms with Crippen molar-refractivity contribution in [2.24, 2.45) is 4.99 Å². The number of rotatable bonds is 2. The Morgan fingerprint density at radius 3 is 2.89 bits per heavy atom. The molecule has 2 heterocycles. The van der Waals surface area contributed by atoms with E-state index in [4.69, 9.17) is 4.74 Å². The monoisotopic (exact) mass is 243 g/mol. The number of benzene rings is 1. The van der Waals surface area contributed by atoms with E-state index in [1.807, 2.05) is 12.1 Å². The molecule has 0 radical (unpaired) electrons. The minimum Gasteiger partial charge on any atom is -0.475 e. The molecule has 0 amide bonds. The van der Waals surface area contributed by atoms with Gasteiger partial charge in [-0.1, -0.05) is 12.1 Å². The van der Waals surface area contributed by atoms with Gasteiger partial charge in [0.2, 0.25) is 5.90 Å². The fourth-order valence-corrected chi connectivity index (χ4v) is 1.93. The Balaban J connectivity index is 2.29. The summed E-state index contributed by atoms with van der Waals surface area (Å²) in [7, 11) is 0. The van der Waals surface area contributed by atoms with Crippen LogP contribution in [0.4, 0.5) is 5.82 Å².